The van der Waals surface area contributed by atoms with Gasteiger partial charge in [0.05, 0.1) is 6.20 Å². The van der Waals surface area contributed by atoms with Crippen molar-refractivity contribution < 1.29 is 4.74 Å². The fraction of sp³-hybridized carbons (Fsp3) is 0.182. The second-order valence-electron chi connectivity index (χ2n) is 3.61. The van der Waals surface area contributed by atoms with Crippen molar-refractivity contribution in [2.45, 2.75) is 6.61 Å². The predicted molar refractivity (Wildman–Crippen MR) is 62.8 cm³/mol. The topological polar surface area (TPSA) is 89.8 Å². The van der Waals surface area contributed by atoms with E-state index in [2.05, 4.69) is 10.3 Å². The van der Waals surface area contributed by atoms with Gasteiger partial charge in [-0.05, 0) is 24.3 Å². The minimum atomic E-state index is 0.0467. The highest BCUT2D eigenvalue weighted by atomic mass is 16.5. The molecule has 2 rings (SSSR count). The van der Waals surface area contributed by atoms with Crippen molar-refractivity contribution in [3.8, 4) is 5.75 Å². The predicted octanol–water partition coefficient (Wildman–Crippen LogP) is 0.678. The van der Waals surface area contributed by atoms with E-state index in [0.29, 0.717) is 17.9 Å². The van der Waals surface area contributed by atoms with Crippen LogP contribution in [0.5, 0.6) is 5.75 Å². The van der Waals surface area contributed by atoms with Gasteiger partial charge >= 0.3 is 0 Å². The summed E-state index contributed by atoms with van der Waals surface area (Å²) in [5.74, 6) is 0.756. The van der Waals surface area contributed by atoms with Crippen LogP contribution < -0.4 is 10.5 Å². The molecule has 3 N–H and O–H groups in total. The summed E-state index contributed by atoms with van der Waals surface area (Å²) in [5, 5.41) is 15.0. The maximum atomic E-state index is 7.26. The van der Waals surface area contributed by atoms with E-state index in [0.717, 1.165) is 5.69 Å². The molecule has 1 aromatic carbocycles. The first kappa shape index (κ1) is 11.1. The fourth-order valence-corrected chi connectivity index (χ4v) is 1.35. The van der Waals surface area contributed by atoms with Gasteiger partial charge in [0.15, 0.2) is 0 Å². The maximum Gasteiger partial charge on any atom is 0.134 e. The van der Waals surface area contributed by atoms with E-state index in [1.165, 1.54) is 0 Å². The van der Waals surface area contributed by atoms with Crippen LogP contribution in [0.1, 0.15) is 11.3 Å². The van der Waals surface area contributed by atoms with Gasteiger partial charge in [0, 0.05) is 12.6 Å². The molecular weight excluding hydrogens is 218 g/mol. The number of nitrogen functional groups attached to an aromatic ring is 1. The number of hydrogen-bond donors (Lipinski definition) is 2. The van der Waals surface area contributed by atoms with Crippen molar-refractivity contribution in [1.82, 2.24) is 15.0 Å². The lowest BCUT2D eigenvalue weighted by molar-refractivity contribution is 0.301. The smallest absolute Gasteiger partial charge is 0.134 e. The number of nitrogens with one attached hydrogen (secondary N) is 1. The molecule has 0 aliphatic carbocycles. The quantitative estimate of drug-likeness (QED) is 0.598. The zero-order chi connectivity index (χ0) is 12.3. The lowest BCUT2D eigenvalue weighted by atomic mass is 10.2. The first-order valence-electron chi connectivity index (χ1n) is 5.07. The van der Waals surface area contributed by atoms with Gasteiger partial charge in [0.25, 0.3) is 0 Å². The van der Waals surface area contributed by atoms with Crippen LogP contribution in [0.4, 0.5) is 0 Å². The molecule has 2 aromatic rings. The van der Waals surface area contributed by atoms with Crippen molar-refractivity contribution >= 4 is 5.84 Å². The van der Waals surface area contributed by atoms with Gasteiger partial charge < -0.3 is 10.5 Å². The Balaban J connectivity index is 1.97. The monoisotopic (exact) mass is 231 g/mol. The minimum absolute atomic E-state index is 0.0467. The zero-order valence-corrected chi connectivity index (χ0v) is 9.42. The minimum Gasteiger partial charge on any atom is -0.487 e. The highest BCUT2D eigenvalue weighted by molar-refractivity contribution is 5.94. The maximum absolute atomic E-state index is 7.26. The molecule has 0 atom stereocenters. The van der Waals surface area contributed by atoms with Crippen LogP contribution >= 0.6 is 0 Å². The van der Waals surface area contributed by atoms with Crippen molar-refractivity contribution in [3.05, 3.63) is 41.7 Å². The van der Waals surface area contributed by atoms with Crippen molar-refractivity contribution in [1.29, 1.82) is 5.41 Å². The molecule has 0 saturated carbocycles. The van der Waals surface area contributed by atoms with Crippen LogP contribution in [0.3, 0.4) is 0 Å². The fourth-order valence-electron chi connectivity index (χ4n) is 1.35. The Morgan fingerprint density at radius 1 is 1.41 bits per heavy atom. The molecular formula is C11H13N5O. The van der Waals surface area contributed by atoms with Gasteiger partial charge in [-0.15, -0.1) is 5.10 Å². The van der Waals surface area contributed by atoms with Gasteiger partial charge in [-0.2, -0.15) is 0 Å². The first-order chi connectivity index (χ1) is 8.15. The van der Waals surface area contributed by atoms with E-state index in [4.69, 9.17) is 15.9 Å². The number of nitrogens with two attached hydrogens (primary N) is 1. The first-order valence-corrected chi connectivity index (χ1v) is 5.07. The van der Waals surface area contributed by atoms with E-state index in [9.17, 15) is 0 Å². The molecule has 0 unspecified atom stereocenters. The number of rotatable bonds is 4. The van der Waals surface area contributed by atoms with Gasteiger partial charge in [-0.1, -0.05) is 5.21 Å². The molecule has 0 aliphatic rings. The lowest BCUT2D eigenvalue weighted by Gasteiger charge is -2.04. The van der Waals surface area contributed by atoms with E-state index in [1.807, 2.05) is 0 Å². The van der Waals surface area contributed by atoms with Crippen molar-refractivity contribution in [2.24, 2.45) is 12.8 Å². The third kappa shape index (κ3) is 2.81. The average molecular weight is 231 g/mol. The molecule has 0 bridgehead atoms. The Labute approximate surface area is 98.5 Å². The number of ether oxygens (including phenoxy) is 1. The van der Waals surface area contributed by atoms with E-state index in [1.54, 1.807) is 42.2 Å². The van der Waals surface area contributed by atoms with E-state index < -0.39 is 0 Å². The molecule has 1 heterocycles. The number of amidine groups is 1. The molecule has 88 valence electrons. The van der Waals surface area contributed by atoms with E-state index in [-0.39, 0.29) is 5.84 Å². The zero-order valence-electron chi connectivity index (χ0n) is 9.42. The SMILES string of the molecule is Cn1cc(COc2ccc(C(=N)N)cc2)nn1. The summed E-state index contributed by atoms with van der Waals surface area (Å²) in [7, 11) is 1.80. The van der Waals surface area contributed by atoms with Crippen LogP contribution in [-0.4, -0.2) is 20.8 Å². The summed E-state index contributed by atoms with van der Waals surface area (Å²) in [6, 6.07) is 7.03. The molecule has 0 fully saturated rings. The number of aromatic nitrogens is 3. The molecule has 6 nitrogen and oxygen atoms in total. The summed E-state index contributed by atoms with van der Waals surface area (Å²) in [5.41, 5.74) is 6.80. The van der Waals surface area contributed by atoms with Crippen LogP contribution in [-0.2, 0) is 13.7 Å². The van der Waals surface area contributed by atoms with Gasteiger partial charge in [-0.3, -0.25) is 10.1 Å². The summed E-state index contributed by atoms with van der Waals surface area (Å²) < 4.78 is 7.14. The number of aryl methyl sites for hydroxylation is 1. The van der Waals surface area contributed by atoms with Gasteiger partial charge in [0.1, 0.15) is 23.9 Å². The van der Waals surface area contributed by atoms with Crippen molar-refractivity contribution in [2.75, 3.05) is 0 Å². The highest BCUT2D eigenvalue weighted by Crippen LogP contribution is 2.13. The molecule has 0 spiro atoms. The van der Waals surface area contributed by atoms with Crippen LogP contribution in [0.25, 0.3) is 0 Å². The number of hydrogen-bond acceptors (Lipinski definition) is 4. The van der Waals surface area contributed by atoms with Crippen LogP contribution in [0.15, 0.2) is 30.5 Å². The third-order valence-electron chi connectivity index (χ3n) is 2.20. The Kier molecular flexibility index (Phi) is 3.04. The summed E-state index contributed by atoms with van der Waals surface area (Å²) in [6.07, 6.45) is 1.80. The van der Waals surface area contributed by atoms with Crippen molar-refractivity contribution in [3.63, 3.8) is 0 Å². The molecule has 1 aromatic heterocycles. The molecule has 0 aliphatic heterocycles. The Morgan fingerprint density at radius 2 is 2.12 bits per heavy atom. The largest absolute Gasteiger partial charge is 0.487 e. The molecule has 17 heavy (non-hydrogen) atoms. The molecule has 0 radical (unpaired) electrons. The summed E-state index contributed by atoms with van der Waals surface area (Å²) >= 11 is 0. The Hall–Kier alpha value is -2.37. The van der Waals surface area contributed by atoms with Crippen LogP contribution in [0, 0.1) is 5.41 Å². The Bertz CT molecular complexity index is 517. The molecule has 0 amide bonds. The summed E-state index contributed by atoms with van der Waals surface area (Å²) in [4.78, 5) is 0. The third-order valence-corrected chi connectivity index (χ3v) is 2.20. The standard InChI is InChI=1S/C11H13N5O/c1-16-6-9(14-15-16)7-17-10-4-2-8(3-5-10)11(12)13/h2-6H,7H2,1H3,(H3,12,13). The molecule has 0 saturated heterocycles. The van der Waals surface area contributed by atoms with Crippen LogP contribution in [0.2, 0.25) is 0 Å². The second kappa shape index (κ2) is 4.65. The summed E-state index contributed by atoms with van der Waals surface area (Å²) in [6.45, 7) is 0.368. The number of nitrogens with zero attached hydrogens (tertiary/aromatic N) is 3. The van der Waals surface area contributed by atoms with Gasteiger partial charge in [-0.25, -0.2) is 0 Å². The normalized spacial score (nSPS) is 10.2. The highest BCUT2D eigenvalue weighted by Gasteiger charge is 2.01. The van der Waals surface area contributed by atoms with Gasteiger partial charge in [0.2, 0.25) is 0 Å². The lowest BCUT2D eigenvalue weighted by Crippen LogP contribution is -2.10. The Morgan fingerprint density at radius 3 is 2.65 bits per heavy atom. The second-order valence-corrected chi connectivity index (χ2v) is 3.61. The molecule has 6 heteroatoms. The van der Waals surface area contributed by atoms with E-state index >= 15 is 0 Å². The number of benzene rings is 1. The average Bonchev–Trinajstić information content (AvgIpc) is 2.73.